The number of anilines is 1. The Hall–Kier alpha value is -4.18. The van der Waals surface area contributed by atoms with Crippen molar-refractivity contribution in [1.82, 2.24) is 5.32 Å². The van der Waals surface area contributed by atoms with Crippen LogP contribution < -0.4 is 15.0 Å². The molecule has 0 unspecified atom stereocenters. The topological polar surface area (TPSA) is 86.3 Å². The predicted octanol–water partition coefficient (Wildman–Crippen LogP) is 6.57. The summed E-state index contributed by atoms with van der Waals surface area (Å²) in [6.07, 6.45) is 1.26. The summed E-state index contributed by atoms with van der Waals surface area (Å²) >= 11 is 0. The highest BCUT2D eigenvalue weighted by atomic mass is 19.1. The van der Waals surface area contributed by atoms with Gasteiger partial charge in [0.25, 0.3) is 0 Å². The molecule has 2 saturated heterocycles. The molecule has 10 heteroatoms. The van der Waals surface area contributed by atoms with E-state index in [1.54, 1.807) is 39.0 Å². The number of halogens is 2. The van der Waals surface area contributed by atoms with Crippen molar-refractivity contribution in [1.29, 1.82) is 0 Å². The number of esters is 1. The smallest absolute Gasteiger partial charge is 0.407 e. The van der Waals surface area contributed by atoms with Gasteiger partial charge in [-0.25, -0.2) is 13.6 Å². The maximum atomic E-state index is 16.0. The Morgan fingerprint density at radius 3 is 2.42 bits per heavy atom. The Bertz CT molecular complexity index is 1540. The van der Waals surface area contributed by atoms with Crippen molar-refractivity contribution < 1.29 is 37.3 Å². The lowest BCUT2D eigenvalue weighted by Crippen LogP contribution is -2.50. The molecule has 3 aromatic rings. The van der Waals surface area contributed by atoms with Crippen molar-refractivity contribution in [3.8, 4) is 16.9 Å². The fraction of sp³-hybridized carbons (Fsp3) is 0.429. The van der Waals surface area contributed by atoms with Crippen molar-refractivity contribution in [3.05, 3.63) is 82.9 Å². The van der Waals surface area contributed by atoms with Crippen LogP contribution in [0, 0.1) is 17.0 Å². The summed E-state index contributed by atoms with van der Waals surface area (Å²) in [7, 11) is 1.28. The van der Waals surface area contributed by atoms with Crippen molar-refractivity contribution in [2.24, 2.45) is 5.41 Å². The molecule has 0 atom stereocenters. The Morgan fingerprint density at radius 2 is 1.76 bits per heavy atom. The zero-order chi connectivity index (χ0) is 32.2. The highest BCUT2D eigenvalue weighted by molar-refractivity contribution is 5.74. The lowest BCUT2D eigenvalue weighted by atomic mass is 9.76. The quantitative estimate of drug-likeness (QED) is 0.270. The largest absolute Gasteiger partial charge is 0.489 e. The van der Waals surface area contributed by atoms with Crippen molar-refractivity contribution in [3.63, 3.8) is 0 Å². The third-order valence-electron chi connectivity index (χ3n) is 8.17. The molecule has 2 fully saturated rings. The van der Waals surface area contributed by atoms with E-state index < -0.39 is 29.3 Å². The first-order valence-electron chi connectivity index (χ1n) is 15.1. The molecule has 8 nitrogen and oxygen atoms in total. The number of ether oxygens (including phenoxy) is 4. The number of amides is 1. The molecule has 0 aromatic heterocycles. The van der Waals surface area contributed by atoms with E-state index in [1.165, 1.54) is 25.3 Å². The van der Waals surface area contributed by atoms with Gasteiger partial charge in [0.05, 0.1) is 26.7 Å². The molecule has 2 aliphatic rings. The van der Waals surface area contributed by atoms with E-state index in [2.05, 4.69) is 10.2 Å². The SMILES string of the molecule is COC(=O)Cc1cc(F)ccc1OCc1cc(-c2cccc(CNC(=O)OC(C)(C)C)c2F)cc(N2CCC3(CC2)COC3)c1. The third kappa shape index (κ3) is 8.11. The number of alkyl carbamates (subject to hydrolysis) is 1. The number of rotatable bonds is 9. The van der Waals surface area contributed by atoms with Crippen LogP contribution in [0.2, 0.25) is 0 Å². The molecule has 5 rings (SSSR count). The van der Waals surface area contributed by atoms with Gasteiger partial charge in [-0.2, -0.15) is 0 Å². The molecule has 2 aliphatic heterocycles. The molecule has 0 radical (unpaired) electrons. The molecule has 1 spiro atoms. The first kappa shape index (κ1) is 32.2. The Labute approximate surface area is 262 Å². The monoisotopic (exact) mass is 622 g/mol. The number of nitrogens with zero attached hydrogens (tertiary/aromatic N) is 1. The minimum atomic E-state index is -0.670. The van der Waals surface area contributed by atoms with Crippen LogP contribution in [0.1, 0.15) is 50.3 Å². The molecule has 45 heavy (non-hydrogen) atoms. The van der Waals surface area contributed by atoms with Gasteiger partial charge >= 0.3 is 12.1 Å². The number of methoxy groups -OCH3 is 1. The van der Waals surface area contributed by atoms with Crippen LogP contribution in [0.3, 0.4) is 0 Å². The number of carbonyl (C=O) groups excluding carboxylic acids is 2. The number of hydrogen-bond donors (Lipinski definition) is 1. The van der Waals surface area contributed by atoms with Crippen LogP contribution in [0.15, 0.2) is 54.6 Å². The van der Waals surface area contributed by atoms with Gasteiger partial charge in [0, 0.05) is 47.4 Å². The molecule has 0 aliphatic carbocycles. The zero-order valence-corrected chi connectivity index (χ0v) is 26.2. The molecular weight excluding hydrogens is 582 g/mol. The number of benzene rings is 3. The molecule has 3 aromatic carbocycles. The molecule has 240 valence electrons. The fourth-order valence-electron chi connectivity index (χ4n) is 5.65. The Morgan fingerprint density at radius 1 is 1.00 bits per heavy atom. The van der Waals surface area contributed by atoms with E-state index in [0.29, 0.717) is 28.0 Å². The lowest BCUT2D eigenvalue weighted by molar-refractivity contribution is -0.139. The van der Waals surface area contributed by atoms with E-state index in [0.717, 1.165) is 50.4 Å². The summed E-state index contributed by atoms with van der Waals surface area (Å²) in [6.45, 7) is 8.64. The van der Waals surface area contributed by atoms with Crippen LogP contribution >= 0.6 is 0 Å². The standard InChI is InChI=1S/C35H40F2N2O6/c1-34(2,3)45-33(41)38-19-24-6-5-7-29(32(24)37)25-14-23(15-28(17-25)39-12-10-35(11-13-39)21-43-22-35)20-44-30-9-8-27(36)16-26(30)18-31(40)42-4/h5-9,14-17H,10-13,18-22H2,1-4H3,(H,38,41). The average molecular weight is 623 g/mol. The van der Waals surface area contributed by atoms with E-state index >= 15 is 4.39 Å². The number of piperidine rings is 1. The van der Waals surface area contributed by atoms with Crippen LogP contribution in [0.25, 0.3) is 11.1 Å². The van der Waals surface area contributed by atoms with E-state index in [1.807, 2.05) is 18.2 Å². The lowest BCUT2D eigenvalue weighted by Gasteiger charge is -2.48. The van der Waals surface area contributed by atoms with Crippen LogP contribution in [0.4, 0.5) is 19.3 Å². The first-order chi connectivity index (χ1) is 21.4. The van der Waals surface area contributed by atoms with Crippen LogP contribution in [0.5, 0.6) is 5.75 Å². The number of carbonyl (C=O) groups is 2. The van der Waals surface area contributed by atoms with Gasteiger partial charge in [0.15, 0.2) is 0 Å². The summed E-state index contributed by atoms with van der Waals surface area (Å²) in [5.41, 5.74) is 3.03. The highest BCUT2D eigenvalue weighted by Crippen LogP contribution is 2.40. The number of nitrogens with one attached hydrogen (secondary N) is 1. The Balaban J connectivity index is 1.42. The second-order valence-electron chi connectivity index (χ2n) is 12.8. The van der Waals surface area contributed by atoms with Gasteiger partial charge < -0.3 is 29.2 Å². The van der Waals surface area contributed by atoms with E-state index in [-0.39, 0.29) is 25.0 Å². The molecule has 0 saturated carbocycles. The second kappa shape index (κ2) is 13.4. The third-order valence-corrected chi connectivity index (χ3v) is 8.17. The fourth-order valence-corrected chi connectivity index (χ4v) is 5.65. The number of hydrogen-bond acceptors (Lipinski definition) is 7. The Kier molecular flexibility index (Phi) is 9.62. The summed E-state index contributed by atoms with van der Waals surface area (Å²) in [4.78, 5) is 26.4. The molecule has 1 N–H and O–H groups in total. The molecule has 1 amide bonds. The minimum Gasteiger partial charge on any atom is -0.489 e. The van der Waals surface area contributed by atoms with Crippen LogP contribution in [-0.2, 0) is 38.6 Å². The molecular formula is C35H40F2N2O6. The second-order valence-corrected chi connectivity index (χ2v) is 12.8. The van der Waals surface area contributed by atoms with E-state index in [4.69, 9.17) is 18.9 Å². The van der Waals surface area contributed by atoms with Crippen molar-refractivity contribution in [2.45, 2.75) is 58.8 Å². The minimum absolute atomic E-state index is 0.0337. The van der Waals surface area contributed by atoms with Gasteiger partial charge in [0.1, 0.15) is 29.6 Å². The molecule has 0 bridgehead atoms. The normalized spacial score (nSPS) is 15.7. The van der Waals surface area contributed by atoms with Gasteiger partial charge in [-0.3, -0.25) is 4.79 Å². The first-order valence-corrected chi connectivity index (χ1v) is 15.1. The predicted molar refractivity (Wildman–Crippen MR) is 166 cm³/mol. The summed E-state index contributed by atoms with van der Waals surface area (Å²) < 4.78 is 51.6. The highest BCUT2D eigenvalue weighted by Gasteiger charge is 2.41. The van der Waals surface area contributed by atoms with Gasteiger partial charge in [-0.15, -0.1) is 0 Å². The van der Waals surface area contributed by atoms with Crippen molar-refractivity contribution in [2.75, 3.05) is 38.3 Å². The molecule has 2 heterocycles. The average Bonchev–Trinajstić information content (AvgIpc) is 2.98. The summed E-state index contributed by atoms with van der Waals surface area (Å²) in [6, 6.07) is 15.0. The maximum absolute atomic E-state index is 16.0. The van der Waals surface area contributed by atoms with E-state index in [9.17, 15) is 14.0 Å². The van der Waals surface area contributed by atoms with Crippen molar-refractivity contribution >= 4 is 17.7 Å². The maximum Gasteiger partial charge on any atom is 0.407 e. The summed E-state index contributed by atoms with van der Waals surface area (Å²) in [5.74, 6) is -1.08. The summed E-state index contributed by atoms with van der Waals surface area (Å²) in [5, 5.41) is 2.63. The van der Waals surface area contributed by atoms with Gasteiger partial charge in [-0.1, -0.05) is 18.2 Å². The van der Waals surface area contributed by atoms with Crippen LogP contribution in [-0.4, -0.2) is 51.1 Å². The van der Waals surface area contributed by atoms with Gasteiger partial charge in [0.2, 0.25) is 0 Å². The van der Waals surface area contributed by atoms with Gasteiger partial charge in [-0.05, 0) is 81.1 Å². The zero-order valence-electron chi connectivity index (χ0n) is 26.2.